The number of hydrogen-bond acceptors (Lipinski definition) is 3. The van der Waals surface area contributed by atoms with Crippen LogP contribution in [0.25, 0.3) is 0 Å². The van der Waals surface area contributed by atoms with E-state index in [9.17, 15) is 21.6 Å². The van der Waals surface area contributed by atoms with Crippen LogP contribution in [0.15, 0.2) is 0 Å². The van der Waals surface area contributed by atoms with Crippen molar-refractivity contribution in [2.45, 2.75) is 12.3 Å². The fraction of sp³-hybridized carbons (Fsp3) is 1.00. The molecule has 0 heterocycles. The van der Waals surface area contributed by atoms with Gasteiger partial charge >= 0.3 is 0 Å². The highest BCUT2D eigenvalue weighted by Crippen LogP contribution is 2.06. The maximum Gasteiger partial charge on any atom is 0.267 e. The van der Waals surface area contributed by atoms with Gasteiger partial charge in [0.05, 0.1) is 0 Å². The van der Waals surface area contributed by atoms with E-state index >= 15 is 0 Å². The minimum absolute atomic E-state index is 0. The maximum absolute atomic E-state index is 12.1. The third-order valence-electron chi connectivity index (χ3n) is 0.910. The van der Waals surface area contributed by atoms with Crippen molar-refractivity contribution in [3.8, 4) is 0 Å². The standard InChI is InChI=1S/C4H7F3O3S.H3N/c5-1-3(6)4(7)2-11(8,9)10;/h3-4H,1-2H2,(H,8,9,10);1H3. The third-order valence-corrected chi connectivity index (χ3v) is 1.65. The lowest BCUT2D eigenvalue weighted by molar-refractivity contribution is 0.150. The number of rotatable bonds is 4. The van der Waals surface area contributed by atoms with Crippen LogP contribution in [-0.4, -0.2) is 37.7 Å². The smallest absolute Gasteiger partial charge is 0.267 e. The summed E-state index contributed by atoms with van der Waals surface area (Å²) < 4.78 is 63.1. The third kappa shape index (κ3) is 6.38. The van der Waals surface area contributed by atoms with Gasteiger partial charge in [-0.15, -0.1) is 0 Å². The summed E-state index contributed by atoms with van der Waals surface area (Å²) in [5.74, 6) is -1.40. The van der Waals surface area contributed by atoms with Crippen LogP contribution in [0.3, 0.4) is 0 Å². The van der Waals surface area contributed by atoms with E-state index in [0.717, 1.165) is 0 Å². The maximum atomic E-state index is 12.1. The van der Waals surface area contributed by atoms with E-state index in [2.05, 4.69) is 0 Å². The molecular weight excluding hydrogens is 199 g/mol. The van der Waals surface area contributed by atoms with Crippen molar-refractivity contribution in [2.24, 2.45) is 0 Å². The Morgan fingerprint density at radius 3 is 1.92 bits per heavy atom. The van der Waals surface area contributed by atoms with Crippen LogP contribution in [0, 0.1) is 0 Å². The van der Waals surface area contributed by atoms with Gasteiger partial charge in [-0.05, 0) is 0 Å². The molecular formula is C4H10F3NO3S. The normalized spacial score (nSPS) is 16.3. The molecule has 0 amide bonds. The molecule has 0 rings (SSSR count). The Kier molecular flexibility index (Phi) is 6.31. The first-order valence-corrected chi connectivity index (χ1v) is 4.27. The lowest BCUT2D eigenvalue weighted by atomic mass is 10.3. The fourth-order valence-corrected chi connectivity index (χ4v) is 1.01. The topological polar surface area (TPSA) is 89.4 Å². The van der Waals surface area contributed by atoms with Crippen molar-refractivity contribution in [1.82, 2.24) is 6.15 Å². The fourth-order valence-electron chi connectivity index (χ4n) is 0.402. The molecule has 8 heteroatoms. The van der Waals surface area contributed by atoms with Crippen LogP contribution in [0.4, 0.5) is 13.2 Å². The summed E-state index contributed by atoms with van der Waals surface area (Å²) in [6, 6.07) is 0. The Morgan fingerprint density at radius 2 is 1.67 bits per heavy atom. The van der Waals surface area contributed by atoms with Crippen LogP contribution in [0.2, 0.25) is 0 Å². The lowest BCUT2D eigenvalue weighted by Gasteiger charge is -2.06. The molecule has 76 valence electrons. The summed E-state index contributed by atoms with van der Waals surface area (Å²) >= 11 is 0. The summed E-state index contributed by atoms with van der Waals surface area (Å²) in [6.45, 7) is -1.60. The number of hydrogen-bond donors (Lipinski definition) is 2. The predicted octanol–water partition coefficient (Wildman–Crippen LogP) is 0.682. The van der Waals surface area contributed by atoms with Crippen molar-refractivity contribution in [1.29, 1.82) is 0 Å². The summed E-state index contributed by atoms with van der Waals surface area (Å²) in [4.78, 5) is 0. The van der Waals surface area contributed by atoms with Crippen molar-refractivity contribution < 1.29 is 26.1 Å². The molecule has 0 aliphatic carbocycles. The summed E-state index contributed by atoms with van der Waals surface area (Å²) in [5.41, 5.74) is 0. The average molecular weight is 209 g/mol. The molecule has 0 aromatic carbocycles. The number of halogens is 3. The Hall–Kier alpha value is -0.340. The Morgan fingerprint density at radius 1 is 1.25 bits per heavy atom. The molecule has 2 unspecified atom stereocenters. The molecule has 0 aromatic rings. The van der Waals surface area contributed by atoms with Crippen LogP contribution in [-0.2, 0) is 10.1 Å². The predicted molar refractivity (Wildman–Crippen MR) is 37.2 cm³/mol. The van der Waals surface area contributed by atoms with E-state index in [-0.39, 0.29) is 6.15 Å². The van der Waals surface area contributed by atoms with Crippen LogP contribution in [0.1, 0.15) is 0 Å². The van der Waals surface area contributed by atoms with Gasteiger partial charge in [-0.1, -0.05) is 0 Å². The van der Waals surface area contributed by atoms with E-state index in [1.54, 1.807) is 0 Å². The second-order valence-corrected chi connectivity index (χ2v) is 3.43. The average Bonchev–Trinajstić information content (AvgIpc) is 1.82. The van der Waals surface area contributed by atoms with Gasteiger partial charge in [0.25, 0.3) is 10.1 Å². The molecule has 0 bridgehead atoms. The first-order chi connectivity index (χ1) is 4.87. The minimum Gasteiger partial charge on any atom is -0.344 e. The SMILES string of the molecule is N.O=S(=O)(O)CC(F)C(F)CF. The molecule has 0 aromatic heterocycles. The van der Waals surface area contributed by atoms with E-state index in [1.165, 1.54) is 0 Å². The van der Waals surface area contributed by atoms with E-state index < -0.39 is 34.9 Å². The van der Waals surface area contributed by atoms with Crippen molar-refractivity contribution in [3.05, 3.63) is 0 Å². The van der Waals surface area contributed by atoms with E-state index in [1.807, 2.05) is 0 Å². The number of alkyl halides is 3. The van der Waals surface area contributed by atoms with E-state index in [0.29, 0.717) is 0 Å². The largest absolute Gasteiger partial charge is 0.344 e. The molecule has 0 aliphatic heterocycles. The van der Waals surface area contributed by atoms with Crippen molar-refractivity contribution in [3.63, 3.8) is 0 Å². The molecule has 12 heavy (non-hydrogen) atoms. The highest BCUT2D eigenvalue weighted by molar-refractivity contribution is 7.85. The van der Waals surface area contributed by atoms with E-state index in [4.69, 9.17) is 4.55 Å². The Balaban J connectivity index is 0. The van der Waals surface area contributed by atoms with Gasteiger partial charge in [-0.25, -0.2) is 13.2 Å². The van der Waals surface area contributed by atoms with Crippen molar-refractivity contribution in [2.75, 3.05) is 12.4 Å². The molecule has 0 saturated carbocycles. The summed E-state index contributed by atoms with van der Waals surface area (Å²) in [7, 11) is -4.56. The van der Waals surface area contributed by atoms with Gasteiger partial charge in [0.2, 0.25) is 0 Å². The molecule has 0 radical (unpaired) electrons. The zero-order valence-electron chi connectivity index (χ0n) is 6.08. The van der Waals surface area contributed by atoms with Gasteiger partial charge < -0.3 is 6.15 Å². The van der Waals surface area contributed by atoms with Gasteiger partial charge in [0.15, 0.2) is 6.17 Å². The molecule has 0 saturated heterocycles. The molecule has 0 fully saturated rings. The zero-order valence-corrected chi connectivity index (χ0v) is 6.90. The molecule has 0 spiro atoms. The van der Waals surface area contributed by atoms with Crippen LogP contribution < -0.4 is 6.15 Å². The second kappa shape index (κ2) is 5.33. The summed E-state index contributed by atoms with van der Waals surface area (Å²) in [6.07, 6.45) is -4.99. The quantitative estimate of drug-likeness (QED) is 0.666. The first-order valence-electron chi connectivity index (χ1n) is 2.66. The highest BCUT2D eigenvalue weighted by atomic mass is 32.2. The lowest BCUT2D eigenvalue weighted by Crippen LogP contribution is -2.27. The van der Waals surface area contributed by atoms with Crippen LogP contribution >= 0.6 is 0 Å². The van der Waals surface area contributed by atoms with Gasteiger partial charge in [-0.3, -0.25) is 4.55 Å². The zero-order chi connectivity index (χ0) is 9.07. The molecule has 4 nitrogen and oxygen atoms in total. The second-order valence-electron chi connectivity index (χ2n) is 1.93. The highest BCUT2D eigenvalue weighted by Gasteiger charge is 2.25. The molecule has 4 N–H and O–H groups in total. The van der Waals surface area contributed by atoms with Gasteiger partial charge in [0, 0.05) is 0 Å². The molecule has 2 atom stereocenters. The minimum atomic E-state index is -4.56. The first kappa shape index (κ1) is 14.2. The van der Waals surface area contributed by atoms with Gasteiger partial charge in [0.1, 0.15) is 18.6 Å². The Bertz CT molecular complexity index is 208. The van der Waals surface area contributed by atoms with Gasteiger partial charge in [-0.2, -0.15) is 8.42 Å². The van der Waals surface area contributed by atoms with Crippen LogP contribution in [0.5, 0.6) is 0 Å². The van der Waals surface area contributed by atoms with Crippen molar-refractivity contribution >= 4 is 10.1 Å². The summed E-state index contributed by atoms with van der Waals surface area (Å²) in [5, 5.41) is 0. The molecule has 0 aliphatic rings. The monoisotopic (exact) mass is 209 g/mol. The Labute approximate surface area is 68.1 Å².